The molecular weight excluding hydrogens is 442 g/mol. The van der Waals surface area contributed by atoms with E-state index in [-0.39, 0.29) is 12.1 Å². The Kier molecular flexibility index (Phi) is 4.80. The fraction of sp³-hybridized carbons (Fsp3) is 0.263. The summed E-state index contributed by atoms with van der Waals surface area (Å²) < 4.78 is 5.96. The normalized spacial score (nSPS) is 11.4. The number of nitrogens with zero attached hydrogens (tertiary/aromatic N) is 5. The van der Waals surface area contributed by atoms with Crippen LogP contribution < -0.4 is 11.2 Å². The Morgan fingerprint density at radius 3 is 2.64 bits per heavy atom. The molecule has 0 spiro atoms. The van der Waals surface area contributed by atoms with Crippen LogP contribution in [0.25, 0.3) is 21.4 Å². The number of halogens is 1. The molecule has 0 saturated heterocycles. The first-order valence-corrected chi connectivity index (χ1v) is 10.3. The molecule has 0 unspecified atom stereocenters. The van der Waals surface area contributed by atoms with Crippen molar-refractivity contribution >= 4 is 48.6 Å². The summed E-state index contributed by atoms with van der Waals surface area (Å²) in [5.74, 6) is 0. The maximum atomic E-state index is 13.2. The standard InChI is InChI=1S/C19H18BrN5O2S/c1-11(2)8-9-24-15-16(22-18(24)20)23(3)19(27)25(17(15)26)10-14-21-12-6-4-5-7-13(12)28-14/h4-8H,9-10H2,1-3H3. The van der Waals surface area contributed by atoms with Crippen LogP contribution in [0.5, 0.6) is 0 Å². The van der Waals surface area contributed by atoms with Crippen molar-refractivity contribution in [1.82, 2.24) is 23.7 Å². The third-order valence-electron chi connectivity index (χ3n) is 4.50. The van der Waals surface area contributed by atoms with Gasteiger partial charge in [0.15, 0.2) is 15.9 Å². The highest BCUT2D eigenvalue weighted by molar-refractivity contribution is 9.10. The molecule has 0 aliphatic carbocycles. The van der Waals surface area contributed by atoms with Crippen molar-refractivity contribution in [2.45, 2.75) is 26.9 Å². The molecule has 9 heteroatoms. The van der Waals surface area contributed by atoms with E-state index in [9.17, 15) is 9.59 Å². The van der Waals surface area contributed by atoms with Crippen LogP contribution in [0.1, 0.15) is 18.9 Å². The lowest BCUT2D eigenvalue weighted by Gasteiger charge is -2.08. The van der Waals surface area contributed by atoms with Crippen molar-refractivity contribution in [2.24, 2.45) is 7.05 Å². The molecule has 144 valence electrons. The number of thiazole rings is 1. The van der Waals surface area contributed by atoms with Crippen LogP contribution >= 0.6 is 27.3 Å². The van der Waals surface area contributed by atoms with Gasteiger partial charge in [-0.3, -0.25) is 13.9 Å². The van der Waals surface area contributed by atoms with E-state index in [0.29, 0.717) is 27.4 Å². The highest BCUT2D eigenvalue weighted by atomic mass is 79.9. The lowest BCUT2D eigenvalue weighted by atomic mass is 10.3. The van der Waals surface area contributed by atoms with E-state index in [1.807, 2.05) is 44.2 Å². The number of para-hydroxylation sites is 1. The molecule has 1 aromatic carbocycles. The number of rotatable bonds is 4. The second-order valence-electron chi connectivity index (χ2n) is 6.75. The summed E-state index contributed by atoms with van der Waals surface area (Å²) in [5, 5.41) is 0.717. The van der Waals surface area contributed by atoms with Gasteiger partial charge in [0, 0.05) is 13.6 Å². The lowest BCUT2D eigenvalue weighted by Crippen LogP contribution is -2.39. The monoisotopic (exact) mass is 459 g/mol. The van der Waals surface area contributed by atoms with Gasteiger partial charge < -0.3 is 4.57 Å². The SMILES string of the molecule is CC(C)=CCn1c(Br)nc2c1c(=O)n(Cc1nc3ccccc3s1)c(=O)n2C. The fourth-order valence-corrected chi connectivity index (χ4v) is 4.49. The van der Waals surface area contributed by atoms with Crippen molar-refractivity contribution in [2.75, 3.05) is 0 Å². The molecule has 7 nitrogen and oxygen atoms in total. The summed E-state index contributed by atoms with van der Waals surface area (Å²) in [6.07, 6.45) is 2.01. The van der Waals surface area contributed by atoms with Gasteiger partial charge in [-0.2, -0.15) is 0 Å². The quantitative estimate of drug-likeness (QED) is 0.346. The number of fused-ring (bicyclic) bond motifs is 2. The van der Waals surface area contributed by atoms with Gasteiger partial charge in [0.25, 0.3) is 5.56 Å². The van der Waals surface area contributed by atoms with Gasteiger partial charge in [-0.05, 0) is 41.9 Å². The number of aryl methyl sites for hydroxylation is 1. The highest BCUT2D eigenvalue weighted by Crippen LogP contribution is 2.22. The van der Waals surface area contributed by atoms with Gasteiger partial charge in [0.1, 0.15) is 5.01 Å². The minimum absolute atomic E-state index is 0.131. The molecule has 0 aliphatic rings. The second kappa shape index (κ2) is 7.14. The van der Waals surface area contributed by atoms with E-state index in [1.165, 1.54) is 20.5 Å². The zero-order valence-corrected chi connectivity index (χ0v) is 18.0. The molecule has 0 amide bonds. The first-order chi connectivity index (χ1) is 13.4. The Balaban J connectivity index is 1.90. The van der Waals surface area contributed by atoms with Crippen LogP contribution in [0.3, 0.4) is 0 Å². The molecule has 0 N–H and O–H groups in total. The van der Waals surface area contributed by atoms with Crippen molar-refractivity contribution in [1.29, 1.82) is 0 Å². The average molecular weight is 460 g/mol. The molecule has 3 heterocycles. The second-order valence-corrected chi connectivity index (χ2v) is 8.58. The van der Waals surface area contributed by atoms with Gasteiger partial charge in [-0.25, -0.2) is 14.8 Å². The van der Waals surface area contributed by atoms with Crippen molar-refractivity contribution < 1.29 is 0 Å². The van der Waals surface area contributed by atoms with Crippen LogP contribution in [0.15, 0.2) is 50.2 Å². The summed E-state index contributed by atoms with van der Waals surface area (Å²) >= 11 is 4.90. The van der Waals surface area contributed by atoms with Gasteiger partial charge in [0.05, 0.1) is 16.8 Å². The first-order valence-electron chi connectivity index (χ1n) is 8.70. The van der Waals surface area contributed by atoms with Crippen LogP contribution in [0.4, 0.5) is 0 Å². The zero-order valence-electron chi connectivity index (χ0n) is 15.6. The van der Waals surface area contributed by atoms with Crippen LogP contribution in [-0.4, -0.2) is 23.7 Å². The minimum Gasteiger partial charge on any atom is -0.309 e. The van der Waals surface area contributed by atoms with E-state index < -0.39 is 5.69 Å². The molecule has 0 atom stereocenters. The number of aromatic nitrogens is 5. The third-order valence-corrected chi connectivity index (χ3v) is 6.13. The summed E-state index contributed by atoms with van der Waals surface area (Å²) in [6, 6.07) is 7.76. The topological polar surface area (TPSA) is 74.7 Å². The van der Waals surface area contributed by atoms with E-state index in [2.05, 4.69) is 25.9 Å². The summed E-state index contributed by atoms with van der Waals surface area (Å²) in [6.45, 7) is 4.61. The maximum Gasteiger partial charge on any atom is 0.332 e. The van der Waals surface area contributed by atoms with Crippen molar-refractivity contribution in [3.8, 4) is 0 Å². The molecule has 0 bridgehead atoms. The summed E-state index contributed by atoms with van der Waals surface area (Å²) in [4.78, 5) is 35.0. The summed E-state index contributed by atoms with van der Waals surface area (Å²) in [7, 11) is 1.63. The van der Waals surface area contributed by atoms with Gasteiger partial charge >= 0.3 is 5.69 Å². The number of benzene rings is 1. The number of allylic oxidation sites excluding steroid dienone is 2. The Morgan fingerprint density at radius 2 is 1.93 bits per heavy atom. The zero-order chi connectivity index (χ0) is 20.0. The van der Waals surface area contributed by atoms with E-state index in [1.54, 1.807) is 11.6 Å². The number of hydrogen-bond donors (Lipinski definition) is 0. The average Bonchev–Trinajstić information content (AvgIpc) is 3.22. The van der Waals surface area contributed by atoms with Crippen molar-refractivity contribution in [3.63, 3.8) is 0 Å². The van der Waals surface area contributed by atoms with Gasteiger partial charge in [0.2, 0.25) is 0 Å². The Labute approximate surface area is 172 Å². The van der Waals surface area contributed by atoms with E-state index >= 15 is 0 Å². The third kappa shape index (κ3) is 3.14. The maximum absolute atomic E-state index is 13.2. The Hall–Kier alpha value is -2.52. The molecule has 0 aliphatic heterocycles. The van der Waals surface area contributed by atoms with Gasteiger partial charge in [-0.15, -0.1) is 11.3 Å². The van der Waals surface area contributed by atoms with Gasteiger partial charge in [-0.1, -0.05) is 23.8 Å². The number of imidazole rings is 1. The Morgan fingerprint density at radius 1 is 1.18 bits per heavy atom. The van der Waals surface area contributed by atoms with Crippen LogP contribution in [0, 0.1) is 0 Å². The smallest absolute Gasteiger partial charge is 0.309 e. The molecule has 3 aromatic heterocycles. The van der Waals surface area contributed by atoms with E-state index in [0.717, 1.165) is 15.8 Å². The highest BCUT2D eigenvalue weighted by Gasteiger charge is 2.19. The minimum atomic E-state index is -0.406. The predicted octanol–water partition coefficient (Wildman–Crippen LogP) is 3.28. The fourth-order valence-electron chi connectivity index (χ4n) is 3.05. The van der Waals surface area contributed by atoms with Crippen molar-refractivity contribution in [3.05, 3.63) is 66.5 Å². The first kappa shape index (κ1) is 18.8. The summed E-state index contributed by atoms with van der Waals surface area (Å²) in [5.41, 5.74) is 1.99. The molecular formula is C19H18BrN5O2S. The molecule has 4 rings (SSSR count). The molecule has 0 saturated carbocycles. The molecule has 4 aromatic rings. The lowest BCUT2D eigenvalue weighted by molar-refractivity contribution is 0.652. The van der Waals surface area contributed by atoms with Crippen LogP contribution in [0.2, 0.25) is 0 Å². The molecule has 28 heavy (non-hydrogen) atoms. The molecule has 0 fully saturated rings. The Bertz CT molecular complexity index is 1320. The van der Waals surface area contributed by atoms with Crippen LogP contribution in [-0.2, 0) is 20.1 Å². The predicted molar refractivity (Wildman–Crippen MR) is 115 cm³/mol. The number of hydrogen-bond acceptors (Lipinski definition) is 5. The molecule has 0 radical (unpaired) electrons. The largest absolute Gasteiger partial charge is 0.332 e. The van der Waals surface area contributed by atoms with E-state index in [4.69, 9.17) is 0 Å².